The Bertz CT molecular complexity index is 438. The molecule has 1 saturated heterocycles. The molecule has 1 aliphatic heterocycles. The number of ether oxygens (including phenoxy) is 1. The number of hydrogen-bond acceptors (Lipinski definition) is 4. The Labute approximate surface area is 124 Å². The molecule has 20 heavy (non-hydrogen) atoms. The van der Waals surface area contributed by atoms with Crippen LogP contribution in [0.5, 0.6) is 5.75 Å². The van der Waals surface area contributed by atoms with Gasteiger partial charge in [0.15, 0.2) is 6.23 Å². The molecule has 0 radical (unpaired) electrons. The van der Waals surface area contributed by atoms with Gasteiger partial charge in [0.2, 0.25) is 0 Å². The van der Waals surface area contributed by atoms with E-state index in [1.807, 2.05) is 6.92 Å². The van der Waals surface area contributed by atoms with Crippen LogP contribution in [0, 0.1) is 5.82 Å². The Morgan fingerprint density at radius 3 is 2.80 bits per heavy atom. The van der Waals surface area contributed by atoms with Crippen molar-refractivity contribution in [1.29, 1.82) is 0 Å². The van der Waals surface area contributed by atoms with Gasteiger partial charge in [-0.15, -0.1) is 0 Å². The highest BCUT2D eigenvalue weighted by atomic mass is 35.5. The lowest BCUT2D eigenvalue weighted by Gasteiger charge is -2.33. The molecule has 0 bridgehead atoms. The molecule has 0 saturated carbocycles. The van der Waals surface area contributed by atoms with E-state index in [0.717, 1.165) is 32.4 Å². The van der Waals surface area contributed by atoms with Gasteiger partial charge >= 0.3 is 0 Å². The van der Waals surface area contributed by atoms with Gasteiger partial charge in [-0.2, -0.15) is 0 Å². The van der Waals surface area contributed by atoms with E-state index in [0.29, 0.717) is 11.8 Å². The van der Waals surface area contributed by atoms with Crippen LogP contribution in [0.15, 0.2) is 18.2 Å². The Kier molecular flexibility index (Phi) is 5.60. The van der Waals surface area contributed by atoms with Crippen molar-refractivity contribution >= 4 is 11.6 Å². The number of hydrazine groups is 1. The third-order valence-electron chi connectivity index (χ3n) is 3.41. The van der Waals surface area contributed by atoms with Crippen LogP contribution < -0.4 is 15.9 Å². The highest BCUT2D eigenvalue weighted by Gasteiger charge is 2.19. The van der Waals surface area contributed by atoms with Crippen LogP contribution in [-0.4, -0.2) is 30.4 Å². The standard InChI is InChI=1S/C14H21ClFN3O/c1-2-14(18-19-7-5-10(17)6-8-19)20-11-3-4-12(15)13(16)9-11/h3-4,9-10,14,18H,2,5-8,17H2,1H3/t14-/m0/s1. The molecule has 1 heterocycles. The van der Waals surface area contributed by atoms with Crippen molar-refractivity contribution in [2.24, 2.45) is 5.73 Å². The van der Waals surface area contributed by atoms with Crippen LogP contribution in [0.25, 0.3) is 0 Å². The molecule has 1 aromatic rings. The zero-order valence-corrected chi connectivity index (χ0v) is 12.4. The minimum absolute atomic E-state index is 0.100. The van der Waals surface area contributed by atoms with Gasteiger partial charge in [0.1, 0.15) is 11.6 Å². The van der Waals surface area contributed by atoms with Crippen LogP contribution in [0.1, 0.15) is 26.2 Å². The number of nitrogens with two attached hydrogens (primary N) is 1. The molecule has 0 unspecified atom stereocenters. The van der Waals surface area contributed by atoms with Crippen molar-refractivity contribution in [2.75, 3.05) is 13.1 Å². The van der Waals surface area contributed by atoms with Gasteiger partial charge in [-0.05, 0) is 31.4 Å². The lowest BCUT2D eigenvalue weighted by molar-refractivity contribution is 0.0342. The van der Waals surface area contributed by atoms with Gasteiger partial charge in [-0.3, -0.25) is 0 Å². The molecule has 0 aliphatic carbocycles. The van der Waals surface area contributed by atoms with E-state index in [1.165, 1.54) is 12.1 Å². The van der Waals surface area contributed by atoms with Crippen molar-refractivity contribution in [2.45, 2.75) is 38.5 Å². The predicted octanol–water partition coefficient (Wildman–Crippen LogP) is 2.52. The first-order valence-corrected chi connectivity index (χ1v) is 7.34. The molecule has 1 aliphatic rings. The minimum Gasteiger partial charge on any atom is -0.474 e. The second-order valence-electron chi connectivity index (χ2n) is 5.04. The molecule has 3 N–H and O–H groups in total. The van der Waals surface area contributed by atoms with Crippen molar-refractivity contribution in [3.8, 4) is 5.75 Å². The second kappa shape index (κ2) is 7.22. The Morgan fingerprint density at radius 1 is 1.50 bits per heavy atom. The van der Waals surface area contributed by atoms with Crippen LogP contribution in [0.2, 0.25) is 5.02 Å². The van der Waals surface area contributed by atoms with Crippen molar-refractivity contribution in [3.63, 3.8) is 0 Å². The van der Waals surface area contributed by atoms with Gasteiger partial charge in [-0.1, -0.05) is 18.5 Å². The molecule has 0 spiro atoms. The number of benzene rings is 1. The summed E-state index contributed by atoms with van der Waals surface area (Å²) in [6.45, 7) is 3.81. The summed E-state index contributed by atoms with van der Waals surface area (Å²) in [5, 5.41) is 2.22. The predicted molar refractivity (Wildman–Crippen MR) is 78.0 cm³/mol. The Hall–Kier alpha value is -0.880. The number of halogens is 2. The normalized spacial score (nSPS) is 19.0. The van der Waals surface area contributed by atoms with E-state index < -0.39 is 5.82 Å². The molecule has 1 aromatic carbocycles. The minimum atomic E-state index is -0.469. The van der Waals surface area contributed by atoms with E-state index in [4.69, 9.17) is 22.1 Å². The first-order chi connectivity index (χ1) is 9.58. The molecule has 4 nitrogen and oxygen atoms in total. The van der Waals surface area contributed by atoms with Crippen molar-refractivity contribution in [1.82, 2.24) is 10.4 Å². The zero-order valence-electron chi connectivity index (χ0n) is 11.6. The maximum absolute atomic E-state index is 13.4. The maximum atomic E-state index is 13.4. The summed E-state index contributed by atoms with van der Waals surface area (Å²) in [4.78, 5) is 0. The first-order valence-electron chi connectivity index (χ1n) is 6.97. The highest BCUT2D eigenvalue weighted by molar-refractivity contribution is 6.30. The molecule has 0 amide bonds. The summed E-state index contributed by atoms with van der Waals surface area (Å²) in [6.07, 6.45) is 2.52. The highest BCUT2D eigenvalue weighted by Crippen LogP contribution is 2.21. The third kappa shape index (κ3) is 4.31. The zero-order chi connectivity index (χ0) is 14.5. The van der Waals surface area contributed by atoms with Crippen molar-refractivity contribution < 1.29 is 9.13 Å². The molecule has 112 valence electrons. The van der Waals surface area contributed by atoms with E-state index in [-0.39, 0.29) is 11.3 Å². The average molecular weight is 302 g/mol. The van der Waals surface area contributed by atoms with Crippen LogP contribution in [0.3, 0.4) is 0 Å². The molecule has 1 atom stereocenters. The lowest BCUT2D eigenvalue weighted by Crippen LogP contribution is -2.52. The number of piperidine rings is 1. The SMILES string of the molecule is CC[C@@H](NN1CCC(N)CC1)Oc1ccc(Cl)c(F)c1. The summed E-state index contributed by atoms with van der Waals surface area (Å²) in [5.74, 6) is 0.00271. The third-order valence-corrected chi connectivity index (χ3v) is 3.71. The fourth-order valence-corrected chi connectivity index (χ4v) is 2.27. The molecular weight excluding hydrogens is 281 g/mol. The van der Waals surface area contributed by atoms with E-state index in [9.17, 15) is 4.39 Å². The van der Waals surface area contributed by atoms with Crippen molar-refractivity contribution in [3.05, 3.63) is 29.0 Å². The first kappa shape index (κ1) is 15.5. The Balaban J connectivity index is 1.89. The molecule has 1 fully saturated rings. The summed E-state index contributed by atoms with van der Waals surface area (Å²) in [6, 6.07) is 4.76. The van der Waals surface area contributed by atoms with Gasteiger partial charge in [0, 0.05) is 25.2 Å². The monoisotopic (exact) mass is 301 g/mol. The fraction of sp³-hybridized carbons (Fsp3) is 0.571. The van der Waals surface area contributed by atoms with E-state index in [2.05, 4.69) is 10.4 Å². The second-order valence-corrected chi connectivity index (χ2v) is 5.45. The quantitative estimate of drug-likeness (QED) is 0.821. The molecule has 6 heteroatoms. The van der Waals surface area contributed by atoms with Gasteiger partial charge in [0.05, 0.1) is 5.02 Å². The average Bonchev–Trinajstić information content (AvgIpc) is 2.44. The summed E-state index contributed by atoms with van der Waals surface area (Å²) >= 11 is 5.65. The maximum Gasteiger partial charge on any atom is 0.162 e. The number of nitrogens with one attached hydrogen (secondary N) is 1. The Morgan fingerprint density at radius 2 is 2.20 bits per heavy atom. The summed E-state index contributed by atoms with van der Waals surface area (Å²) in [7, 11) is 0. The van der Waals surface area contributed by atoms with Crippen LogP contribution in [0.4, 0.5) is 4.39 Å². The molecule has 0 aromatic heterocycles. The van der Waals surface area contributed by atoms with E-state index in [1.54, 1.807) is 6.07 Å². The van der Waals surface area contributed by atoms with Gasteiger partial charge < -0.3 is 10.5 Å². The molecule has 2 rings (SSSR count). The fourth-order valence-electron chi connectivity index (χ4n) is 2.15. The van der Waals surface area contributed by atoms with Crippen LogP contribution in [-0.2, 0) is 0 Å². The van der Waals surface area contributed by atoms with Gasteiger partial charge in [0.25, 0.3) is 0 Å². The number of nitrogens with zero attached hydrogens (tertiary/aromatic N) is 1. The number of rotatable bonds is 5. The van der Waals surface area contributed by atoms with Crippen LogP contribution >= 0.6 is 11.6 Å². The topological polar surface area (TPSA) is 50.5 Å². The smallest absolute Gasteiger partial charge is 0.162 e. The summed E-state index contributed by atoms with van der Waals surface area (Å²) < 4.78 is 19.1. The lowest BCUT2D eigenvalue weighted by atomic mass is 10.1. The van der Waals surface area contributed by atoms with E-state index >= 15 is 0 Å². The number of hydrogen-bond donors (Lipinski definition) is 2. The summed E-state index contributed by atoms with van der Waals surface area (Å²) in [5.41, 5.74) is 9.18. The largest absolute Gasteiger partial charge is 0.474 e. The van der Waals surface area contributed by atoms with Gasteiger partial charge in [-0.25, -0.2) is 14.8 Å². The molecular formula is C14H21ClFN3O.